The van der Waals surface area contributed by atoms with Gasteiger partial charge < -0.3 is 4.74 Å². The largest absolute Gasteiger partial charge is 0.484 e. The number of carbonyl (C=O) groups excluding carboxylic acids is 1. The molecule has 0 radical (unpaired) electrons. The van der Waals surface area contributed by atoms with Crippen molar-refractivity contribution in [2.24, 2.45) is 0 Å². The van der Waals surface area contributed by atoms with Crippen LogP contribution in [0.4, 0.5) is 0 Å². The molecule has 0 aliphatic heterocycles. The minimum absolute atomic E-state index is 0.0886. The van der Waals surface area contributed by atoms with Crippen LogP contribution in [0.15, 0.2) is 42.5 Å². The number of Topliss-reactive ketones (excluding diaryl/α,β-unsaturated/α-hetero) is 1. The second-order valence-corrected chi connectivity index (χ2v) is 4.74. The number of benzene rings is 2. The predicted octanol–water partition coefficient (Wildman–Crippen LogP) is 3.78. The van der Waals surface area contributed by atoms with E-state index in [2.05, 4.69) is 0 Å². The van der Waals surface area contributed by atoms with Gasteiger partial charge in [0.2, 0.25) is 0 Å². The van der Waals surface area contributed by atoms with Crippen molar-refractivity contribution in [2.75, 3.05) is 6.61 Å². The summed E-state index contributed by atoms with van der Waals surface area (Å²) in [5.41, 5.74) is 2.05. The maximum atomic E-state index is 11.9. The number of rotatable bonds is 4. The lowest BCUT2D eigenvalue weighted by Gasteiger charge is -2.08. The third-order valence-electron chi connectivity index (χ3n) is 2.78. The minimum atomic E-state index is -0.161. The van der Waals surface area contributed by atoms with Crippen LogP contribution in [0.1, 0.15) is 21.5 Å². The van der Waals surface area contributed by atoms with Crippen molar-refractivity contribution >= 4 is 17.4 Å². The van der Waals surface area contributed by atoms with Crippen molar-refractivity contribution in [2.45, 2.75) is 6.92 Å². The topological polar surface area (TPSA) is 50.1 Å². The molecule has 0 amide bonds. The zero-order chi connectivity index (χ0) is 14.5. The highest BCUT2D eigenvalue weighted by atomic mass is 35.5. The number of ketones is 1. The smallest absolute Gasteiger partial charge is 0.200 e. The first-order valence-corrected chi connectivity index (χ1v) is 6.40. The number of ether oxygens (including phenoxy) is 1. The average Bonchev–Trinajstić information content (AvgIpc) is 2.46. The summed E-state index contributed by atoms with van der Waals surface area (Å²) < 4.78 is 5.42. The van der Waals surface area contributed by atoms with Crippen LogP contribution in [-0.2, 0) is 0 Å². The number of aryl methyl sites for hydroxylation is 1. The molecular weight excluding hydrogens is 274 g/mol. The fourth-order valence-electron chi connectivity index (χ4n) is 1.68. The first-order chi connectivity index (χ1) is 9.60. The van der Waals surface area contributed by atoms with Crippen molar-refractivity contribution in [3.8, 4) is 11.8 Å². The summed E-state index contributed by atoms with van der Waals surface area (Å²) in [7, 11) is 0. The highest BCUT2D eigenvalue weighted by Crippen LogP contribution is 2.25. The van der Waals surface area contributed by atoms with Crippen molar-refractivity contribution in [1.29, 1.82) is 5.26 Å². The summed E-state index contributed by atoms with van der Waals surface area (Å²) in [5, 5.41) is 9.18. The summed E-state index contributed by atoms with van der Waals surface area (Å²) >= 11 is 6.03. The van der Waals surface area contributed by atoms with Gasteiger partial charge in [0, 0.05) is 5.56 Å². The molecular formula is C16H12ClNO2. The SMILES string of the molecule is Cc1ccc(OCC(=O)c2ccc(C#N)cc2)c(Cl)c1. The van der Waals surface area contributed by atoms with Gasteiger partial charge in [-0.05, 0) is 48.9 Å². The van der Waals surface area contributed by atoms with Gasteiger partial charge in [-0.3, -0.25) is 4.79 Å². The number of hydrogen-bond donors (Lipinski definition) is 0. The standard InChI is InChI=1S/C16H12ClNO2/c1-11-2-7-16(14(17)8-11)20-10-15(19)13-5-3-12(9-18)4-6-13/h2-8H,10H2,1H3. The van der Waals surface area contributed by atoms with Crippen LogP contribution in [0, 0.1) is 18.3 Å². The highest BCUT2D eigenvalue weighted by Gasteiger charge is 2.08. The monoisotopic (exact) mass is 285 g/mol. The Balaban J connectivity index is 2.03. The lowest BCUT2D eigenvalue weighted by Crippen LogP contribution is -2.11. The number of carbonyl (C=O) groups is 1. The molecule has 0 aliphatic rings. The van der Waals surface area contributed by atoms with Crippen LogP contribution < -0.4 is 4.74 Å². The van der Waals surface area contributed by atoms with Gasteiger partial charge in [0.15, 0.2) is 12.4 Å². The summed E-state index contributed by atoms with van der Waals surface area (Å²) in [4.78, 5) is 11.9. The Hall–Kier alpha value is -2.31. The van der Waals surface area contributed by atoms with Crippen molar-refractivity contribution in [3.63, 3.8) is 0 Å². The van der Waals surface area contributed by atoms with E-state index in [4.69, 9.17) is 21.6 Å². The molecule has 0 unspecified atom stereocenters. The maximum absolute atomic E-state index is 11.9. The lowest BCUT2D eigenvalue weighted by molar-refractivity contribution is 0.0921. The first kappa shape index (κ1) is 14.1. The Morgan fingerprint density at radius 2 is 1.95 bits per heavy atom. The van der Waals surface area contributed by atoms with Crippen molar-refractivity contribution in [1.82, 2.24) is 0 Å². The predicted molar refractivity (Wildman–Crippen MR) is 77.2 cm³/mol. The molecule has 2 rings (SSSR count). The summed E-state index contributed by atoms with van der Waals surface area (Å²) in [6.07, 6.45) is 0. The zero-order valence-electron chi connectivity index (χ0n) is 10.9. The van der Waals surface area contributed by atoms with E-state index in [0.29, 0.717) is 21.9 Å². The molecule has 0 aromatic heterocycles. The number of nitrogens with zero attached hydrogens (tertiary/aromatic N) is 1. The molecule has 4 heteroatoms. The summed E-state index contributed by atoms with van der Waals surface area (Å²) in [6.45, 7) is 1.84. The maximum Gasteiger partial charge on any atom is 0.200 e. The Bertz CT molecular complexity index is 672. The fraction of sp³-hybridized carbons (Fsp3) is 0.125. The summed E-state index contributed by atoms with van der Waals surface area (Å²) in [6, 6.07) is 13.8. The van der Waals surface area contributed by atoms with E-state index in [1.165, 1.54) is 0 Å². The van der Waals surface area contributed by atoms with E-state index in [1.54, 1.807) is 36.4 Å². The molecule has 100 valence electrons. The van der Waals surface area contributed by atoms with Gasteiger partial charge in [0.05, 0.1) is 16.7 Å². The van der Waals surface area contributed by atoms with Gasteiger partial charge in [-0.15, -0.1) is 0 Å². The van der Waals surface area contributed by atoms with E-state index >= 15 is 0 Å². The molecule has 0 atom stereocenters. The highest BCUT2D eigenvalue weighted by molar-refractivity contribution is 6.32. The number of hydrogen-bond acceptors (Lipinski definition) is 3. The number of halogens is 1. The lowest BCUT2D eigenvalue weighted by atomic mass is 10.1. The quantitative estimate of drug-likeness (QED) is 0.803. The van der Waals surface area contributed by atoms with Crippen LogP contribution in [0.2, 0.25) is 5.02 Å². The van der Waals surface area contributed by atoms with E-state index in [9.17, 15) is 4.79 Å². The zero-order valence-corrected chi connectivity index (χ0v) is 11.6. The van der Waals surface area contributed by atoms with Crippen LogP contribution in [0.25, 0.3) is 0 Å². The third-order valence-corrected chi connectivity index (χ3v) is 3.08. The Kier molecular flexibility index (Phi) is 4.39. The third kappa shape index (κ3) is 3.37. The van der Waals surface area contributed by atoms with Gasteiger partial charge in [-0.1, -0.05) is 17.7 Å². The van der Waals surface area contributed by atoms with Crippen LogP contribution in [-0.4, -0.2) is 12.4 Å². The van der Waals surface area contributed by atoms with Crippen molar-refractivity contribution < 1.29 is 9.53 Å². The Morgan fingerprint density at radius 3 is 2.55 bits per heavy atom. The molecule has 2 aromatic rings. The molecule has 0 saturated carbocycles. The molecule has 0 spiro atoms. The molecule has 20 heavy (non-hydrogen) atoms. The molecule has 3 nitrogen and oxygen atoms in total. The summed E-state index contributed by atoms with van der Waals surface area (Å²) in [5.74, 6) is 0.324. The van der Waals surface area contributed by atoms with Gasteiger partial charge in [-0.2, -0.15) is 5.26 Å². The average molecular weight is 286 g/mol. The minimum Gasteiger partial charge on any atom is -0.484 e. The molecule has 0 saturated heterocycles. The van der Waals surface area contributed by atoms with Gasteiger partial charge in [-0.25, -0.2) is 0 Å². The van der Waals surface area contributed by atoms with Crippen LogP contribution >= 0.6 is 11.6 Å². The van der Waals surface area contributed by atoms with E-state index in [0.717, 1.165) is 5.56 Å². The number of nitriles is 1. The molecule has 0 heterocycles. The van der Waals surface area contributed by atoms with Gasteiger partial charge >= 0.3 is 0 Å². The second kappa shape index (κ2) is 6.23. The molecule has 2 aromatic carbocycles. The molecule has 0 N–H and O–H groups in total. The normalized spacial score (nSPS) is 9.85. The van der Waals surface area contributed by atoms with E-state index in [-0.39, 0.29) is 12.4 Å². The van der Waals surface area contributed by atoms with E-state index < -0.39 is 0 Å². The fourth-order valence-corrected chi connectivity index (χ4v) is 1.97. The molecule has 0 aliphatic carbocycles. The Morgan fingerprint density at radius 1 is 1.25 bits per heavy atom. The van der Waals surface area contributed by atoms with E-state index in [1.807, 2.05) is 19.1 Å². The second-order valence-electron chi connectivity index (χ2n) is 4.33. The molecule has 0 fully saturated rings. The first-order valence-electron chi connectivity index (χ1n) is 6.02. The van der Waals surface area contributed by atoms with Gasteiger partial charge in [0.1, 0.15) is 5.75 Å². The Labute approximate surface area is 122 Å². The molecule has 0 bridgehead atoms. The van der Waals surface area contributed by atoms with Crippen molar-refractivity contribution in [3.05, 3.63) is 64.2 Å². The van der Waals surface area contributed by atoms with Gasteiger partial charge in [0.25, 0.3) is 0 Å². The van der Waals surface area contributed by atoms with Crippen LogP contribution in [0.3, 0.4) is 0 Å². The van der Waals surface area contributed by atoms with Crippen LogP contribution in [0.5, 0.6) is 5.75 Å².